The molecule has 4 rings (SSSR count). The highest BCUT2D eigenvalue weighted by Gasteiger charge is 2.40. The molecule has 1 saturated heterocycles. The summed E-state index contributed by atoms with van der Waals surface area (Å²) >= 11 is 0. The number of para-hydroxylation sites is 1. The van der Waals surface area contributed by atoms with Gasteiger partial charge in [-0.25, -0.2) is 8.42 Å². The Morgan fingerprint density at radius 1 is 1.14 bits per heavy atom. The fourth-order valence-electron chi connectivity index (χ4n) is 3.15. The van der Waals surface area contributed by atoms with Crippen molar-refractivity contribution in [3.63, 3.8) is 0 Å². The molecular formula is C20H21N3O5S. The Morgan fingerprint density at radius 3 is 2.55 bits per heavy atom. The van der Waals surface area contributed by atoms with E-state index in [2.05, 4.69) is 10.1 Å². The lowest BCUT2D eigenvalue weighted by atomic mass is 10.0. The first-order valence-electron chi connectivity index (χ1n) is 9.23. The minimum atomic E-state index is -3.56. The molecule has 0 atom stereocenters. The summed E-state index contributed by atoms with van der Waals surface area (Å²) in [6.07, 6.45) is 0. The molecule has 1 aliphatic rings. The molecule has 3 aromatic rings. The zero-order valence-electron chi connectivity index (χ0n) is 16.1. The van der Waals surface area contributed by atoms with Gasteiger partial charge < -0.3 is 14.0 Å². The second-order valence-corrected chi connectivity index (χ2v) is 8.52. The average molecular weight is 415 g/mol. The van der Waals surface area contributed by atoms with Gasteiger partial charge in [0.05, 0.1) is 30.1 Å². The number of rotatable bonds is 7. The van der Waals surface area contributed by atoms with Gasteiger partial charge in [0.2, 0.25) is 21.7 Å². The van der Waals surface area contributed by atoms with E-state index in [1.165, 1.54) is 4.31 Å². The van der Waals surface area contributed by atoms with Crippen LogP contribution in [0, 0.1) is 0 Å². The first-order valence-corrected chi connectivity index (χ1v) is 10.7. The minimum Gasteiger partial charge on any atom is -0.496 e. The van der Waals surface area contributed by atoms with Gasteiger partial charge in [-0.15, -0.1) is 0 Å². The summed E-state index contributed by atoms with van der Waals surface area (Å²) in [5, 5.41) is 4.02. The number of benzene rings is 2. The zero-order valence-corrected chi connectivity index (χ0v) is 16.9. The molecule has 8 nitrogen and oxygen atoms in total. The normalized spacial score (nSPS) is 15.1. The van der Waals surface area contributed by atoms with Crippen molar-refractivity contribution < 1.29 is 22.4 Å². The fraction of sp³-hybridized carbons (Fsp3) is 0.300. The standard InChI is InChI=1S/C20H21N3O5S/c1-3-27-15-8-10-16(11-9-15)29(24,25)23-12-14(13-23)20-21-19(22-28-20)17-6-4-5-7-18(17)26-2/h4-11,14H,3,12-13H2,1-2H3. The van der Waals surface area contributed by atoms with E-state index >= 15 is 0 Å². The van der Waals surface area contributed by atoms with Crippen LogP contribution >= 0.6 is 0 Å². The Hall–Kier alpha value is -2.91. The van der Waals surface area contributed by atoms with Crippen molar-refractivity contribution in [2.45, 2.75) is 17.7 Å². The van der Waals surface area contributed by atoms with Crippen LogP contribution in [0.5, 0.6) is 11.5 Å². The second-order valence-electron chi connectivity index (χ2n) is 6.58. The molecule has 9 heteroatoms. The molecule has 0 radical (unpaired) electrons. The molecule has 1 aromatic heterocycles. The third-order valence-corrected chi connectivity index (χ3v) is 6.61. The van der Waals surface area contributed by atoms with Gasteiger partial charge in [-0.1, -0.05) is 17.3 Å². The monoisotopic (exact) mass is 415 g/mol. The van der Waals surface area contributed by atoms with E-state index in [1.807, 2.05) is 31.2 Å². The first kappa shape index (κ1) is 19.4. The van der Waals surface area contributed by atoms with Gasteiger partial charge >= 0.3 is 0 Å². The SMILES string of the molecule is CCOc1ccc(S(=O)(=O)N2CC(c3nc(-c4ccccc4OC)no3)C2)cc1. The maximum absolute atomic E-state index is 12.8. The Morgan fingerprint density at radius 2 is 1.86 bits per heavy atom. The van der Waals surface area contributed by atoms with Crippen LogP contribution in [-0.4, -0.2) is 49.7 Å². The molecule has 29 heavy (non-hydrogen) atoms. The number of hydrogen-bond donors (Lipinski definition) is 0. The molecule has 0 unspecified atom stereocenters. The number of methoxy groups -OCH3 is 1. The van der Waals surface area contributed by atoms with Crippen LogP contribution < -0.4 is 9.47 Å². The summed E-state index contributed by atoms with van der Waals surface area (Å²) in [6, 6.07) is 13.8. The quantitative estimate of drug-likeness (QED) is 0.585. The van der Waals surface area contributed by atoms with Crippen molar-refractivity contribution in [3.05, 3.63) is 54.4 Å². The number of aromatic nitrogens is 2. The van der Waals surface area contributed by atoms with E-state index in [0.29, 0.717) is 42.9 Å². The zero-order chi connectivity index (χ0) is 20.4. The summed E-state index contributed by atoms with van der Waals surface area (Å²) in [5.41, 5.74) is 0.725. The largest absolute Gasteiger partial charge is 0.496 e. The maximum atomic E-state index is 12.8. The predicted molar refractivity (Wildman–Crippen MR) is 105 cm³/mol. The van der Waals surface area contributed by atoms with Crippen molar-refractivity contribution in [2.24, 2.45) is 0 Å². The molecule has 152 valence electrons. The van der Waals surface area contributed by atoms with Gasteiger partial charge in [0.25, 0.3) is 0 Å². The van der Waals surface area contributed by atoms with E-state index in [9.17, 15) is 8.42 Å². The third-order valence-electron chi connectivity index (χ3n) is 4.76. The van der Waals surface area contributed by atoms with Gasteiger partial charge in [-0.3, -0.25) is 0 Å². The predicted octanol–water partition coefficient (Wildman–Crippen LogP) is 2.93. The Balaban J connectivity index is 1.45. The lowest BCUT2D eigenvalue weighted by Gasteiger charge is -2.35. The van der Waals surface area contributed by atoms with Crippen LogP contribution in [0.2, 0.25) is 0 Å². The van der Waals surface area contributed by atoms with Gasteiger partial charge in [-0.2, -0.15) is 9.29 Å². The Kier molecular flexibility index (Phi) is 5.25. The van der Waals surface area contributed by atoms with E-state index in [0.717, 1.165) is 5.56 Å². The molecular weight excluding hydrogens is 394 g/mol. The fourth-order valence-corrected chi connectivity index (χ4v) is 4.68. The van der Waals surface area contributed by atoms with E-state index < -0.39 is 10.0 Å². The van der Waals surface area contributed by atoms with Gasteiger partial charge in [0, 0.05) is 13.1 Å². The minimum absolute atomic E-state index is 0.136. The number of sulfonamides is 1. The van der Waals surface area contributed by atoms with Crippen LogP contribution in [0.4, 0.5) is 0 Å². The highest BCUT2D eigenvalue weighted by atomic mass is 32.2. The Labute approximate surface area is 169 Å². The summed E-state index contributed by atoms with van der Waals surface area (Å²) in [7, 11) is -1.98. The summed E-state index contributed by atoms with van der Waals surface area (Å²) in [5.74, 6) is 1.99. The summed E-state index contributed by atoms with van der Waals surface area (Å²) in [4.78, 5) is 4.67. The molecule has 2 heterocycles. The smallest absolute Gasteiger partial charge is 0.243 e. The van der Waals surface area contributed by atoms with E-state index in [4.69, 9.17) is 14.0 Å². The van der Waals surface area contributed by atoms with Crippen LogP contribution in [-0.2, 0) is 10.0 Å². The number of nitrogens with zero attached hydrogens (tertiary/aromatic N) is 3. The highest BCUT2D eigenvalue weighted by molar-refractivity contribution is 7.89. The molecule has 0 saturated carbocycles. The van der Waals surface area contributed by atoms with Crippen molar-refractivity contribution in [3.8, 4) is 22.9 Å². The number of hydrogen-bond acceptors (Lipinski definition) is 7. The molecule has 1 fully saturated rings. The van der Waals surface area contributed by atoms with Crippen LogP contribution in [0.25, 0.3) is 11.4 Å². The molecule has 2 aromatic carbocycles. The van der Waals surface area contributed by atoms with Crippen LogP contribution in [0.3, 0.4) is 0 Å². The summed E-state index contributed by atoms with van der Waals surface area (Å²) in [6.45, 7) is 2.99. The average Bonchev–Trinajstić information content (AvgIpc) is 3.16. The first-order chi connectivity index (χ1) is 14.0. The van der Waals surface area contributed by atoms with E-state index in [-0.39, 0.29) is 10.8 Å². The van der Waals surface area contributed by atoms with Crippen molar-refractivity contribution >= 4 is 10.0 Å². The number of ether oxygens (including phenoxy) is 2. The Bertz CT molecular complexity index is 1090. The van der Waals surface area contributed by atoms with Crippen molar-refractivity contribution in [1.29, 1.82) is 0 Å². The van der Waals surface area contributed by atoms with Crippen molar-refractivity contribution in [1.82, 2.24) is 14.4 Å². The topological polar surface area (TPSA) is 94.8 Å². The third kappa shape index (κ3) is 3.70. The van der Waals surface area contributed by atoms with Crippen LogP contribution in [0.1, 0.15) is 18.7 Å². The van der Waals surface area contributed by atoms with Gasteiger partial charge in [0.15, 0.2) is 0 Å². The van der Waals surface area contributed by atoms with Crippen LogP contribution in [0.15, 0.2) is 57.9 Å². The maximum Gasteiger partial charge on any atom is 0.243 e. The molecule has 0 N–H and O–H groups in total. The molecule has 0 bridgehead atoms. The second kappa shape index (κ2) is 7.84. The van der Waals surface area contributed by atoms with Crippen molar-refractivity contribution in [2.75, 3.05) is 26.8 Å². The molecule has 0 amide bonds. The van der Waals surface area contributed by atoms with Gasteiger partial charge in [0.1, 0.15) is 11.5 Å². The molecule has 1 aliphatic heterocycles. The lowest BCUT2D eigenvalue weighted by Crippen LogP contribution is -2.48. The highest BCUT2D eigenvalue weighted by Crippen LogP contribution is 2.34. The molecule has 0 aliphatic carbocycles. The van der Waals surface area contributed by atoms with Gasteiger partial charge in [-0.05, 0) is 43.3 Å². The summed E-state index contributed by atoms with van der Waals surface area (Å²) < 4.78 is 43.0. The molecule has 0 spiro atoms. The lowest BCUT2D eigenvalue weighted by molar-refractivity contribution is 0.217. The van der Waals surface area contributed by atoms with E-state index in [1.54, 1.807) is 31.4 Å².